The molecular formula is C8H7BNO2S. The molecule has 0 aliphatic heterocycles. The summed E-state index contributed by atoms with van der Waals surface area (Å²) in [6.07, 6.45) is 3.59. The minimum Gasteiger partial charge on any atom is -0.530 e. The number of pyridine rings is 1. The van der Waals surface area contributed by atoms with Crippen molar-refractivity contribution in [1.29, 1.82) is 0 Å². The smallest absolute Gasteiger partial charge is 0.530 e. The summed E-state index contributed by atoms with van der Waals surface area (Å²) >= 11 is 1.49. The predicted molar refractivity (Wildman–Crippen MR) is 53.0 cm³/mol. The van der Waals surface area contributed by atoms with Gasteiger partial charge in [-0.3, -0.25) is 4.98 Å². The maximum atomic E-state index is 8.46. The molecule has 0 aliphatic carbocycles. The normalized spacial score (nSPS) is 10.3. The third-order valence-corrected chi connectivity index (χ3v) is 2.92. The van der Waals surface area contributed by atoms with Crippen LogP contribution in [0.4, 0.5) is 0 Å². The van der Waals surface area contributed by atoms with Crippen molar-refractivity contribution in [1.82, 2.24) is 4.98 Å². The molecule has 0 spiro atoms. The lowest BCUT2D eigenvalue weighted by atomic mass is 10.2. The van der Waals surface area contributed by atoms with Gasteiger partial charge in [0, 0.05) is 22.5 Å². The molecule has 0 bridgehead atoms. The standard InChI is InChI=1S/C8H7BNO2S/c1-5-3-10-4-6-2-7(12-9-11)13-8(5)6/h2-4,11H,1H3. The second-order valence-electron chi connectivity index (χ2n) is 2.66. The SMILES string of the molecule is Cc1cncc2cc(O[B]O)sc12. The van der Waals surface area contributed by atoms with E-state index < -0.39 is 0 Å². The van der Waals surface area contributed by atoms with Crippen molar-refractivity contribution in [2.24, 2.45) is 0 Å². The van der Waals surface area contributed by atoms with Gasteiger partial charge in [-0.15, -0.1) is 11.3 Å². The van der Waals surface area contributed by atoms with Gasteiger partial charge in [0.1, 0.15) is 0 Å². The molecular weight excluding hydrogens is 185 g/mol. The molecule has 3 nitrogen and oxygen atoms in total. The topological polar surface area (TPSA) is 42.4 Å². The molecule has 2 heterocycles. The van der Waals surface area contributed by atoms with Crippen molar-refractivity contribution in [3.8, 4) is 5.06 Å². The van der Waals surface area contributed by atoms with Crippen LogP contribution < -0.4 is 4.65 Å². The Labute approximate surface area is 80.3 Å². The van der Waals surface area contributed by atoms with Gasteiger partial charge in [0.05, 0.1) is 0 Å². The Morgan fingerprint density at radius 1 is 1.54 bits per heavy atom. The van der Waals surface area contributed by atoms with Gasteiger partial charge in [-0.1, -0.05) is 0 Å². The van der Waals surface area contributed by atoms with Crippen LogP contribution in [0.25, 0.3) is 10.1 Å². The highest BCUT2D eigenvalue weighted by molar-refractivity contribution is 7.21. The van der Waals surface area contributed by atoms with Gasteiger partial charge in [0.2, 0.25) is 0 Å². The number of aryl methyl sites for hydroxylation is 1. The lowest BCUT2D eigenvalue weighted by Crippen LogP contribution is -1.97. The average Bonchev–Trinajstić information content (AvgIpc) is 2.49. The molecule has 0 atom stereocenters. The number of rotatable bonds is 2. The van der Waals surface area contributed by atoms with E-state index in [1.54, 1.807) is 6.20 Å². The number of hydrogen-bond donors (Lipinski definition) is 1. The van der Waals surface area contributed by atoms with E-state index in [4.69, 9.17) is 9.68 Å². The third kappa shape index (κ3) is 1.52. The van der Waals surface area contributed by atoms with Crippen LogP contribution in [0.15, 0.2) is 18.5 Å². The maximum absolute atomic E-state index is 8.46. The van der Waals surface area contributed by atoms with E-state index in [9.17, 15) is 0 Å². The van der Waals surface area contributed by atoms with E-state index in [0.717, 1.165) is 15.6 Å². The summed E-state index contributed by atoms with van der Waals surface area (Å²) < 4.78 is 6.01. The lowest BCUT2D eigenvalue weighted by molar-refractivity contribution is 0.461. The van der Waals surface area contributed by atoms with Gasteiger partial charge in [-0.2, -0.15) is 0 Å². The molecule has 0 saturated carbocycles. The van der Waals surface area contributed by atoms with Crippen LogP contribution in [0, 0.1) is 6.92 Å². The van der Waals surface area contributed by atoms with Gasteiger partial charge in [0.25, 0.3) is 0 Å². The third-order valence-electron chi connectivity index (χ3n) is 1.75. The quantitative estimate of drug-likeness (QED) is 0.733. The van der Waals surface area contributed by atoms with E-state index in [1.165, 1.54) is 11.3 Å². The first-order chi connectivity index (χ1) is 6.31. The van der Waals surface area contributed by atoms with Crippen molar-refractivity contribution in [2.45, 2.75) is 6.92 Å². The van der Waals surface area contributed by atoms with Crippen molar-refractivity contribution < 1.29 is 9.68 Å². The molecule has 2 rings (SSSR count). The molecule has 2 aromatic rings. The van der Waals surface area contributed by atoms with Gasteiger partial charge in [-0.25, -0.2) is 0 Å². The van der Waals surface area contributed by atoms with E-state index in [1.807, 2.05) is 19.2 Å². The highest BCUT2D eigenvalue weighted by Gasteiger charge is 2.04. The zero-order chi connectivity index (χ0) is 9.26. The lowest BCUT2D eigenvalue weighted by Gasteiger charge is -1.92. The van der Waals surface area contributed by atoms with Crippen LogP contribution in [0.2, 0.25) is 0 Å². The molecule has 5 heteroatoms. The molecule has 13 heavy (non-hydrogen) atoms. The van der Waals surface area contributed by atoms with Gasteiger partial charge >= 0.3 is 7.69 Å². The van der Waals surface area contributed by atoms with Gasteiger partial charge < -0.3 is 9.68 Å². The number of fused-ring (bicyclic) bond motifs is 1. The van der Waals surface area contributed by atoms with E-state index in [-0.39, 0.29) is 0 Å². The van der Waals surface area contributed by atoms with E-state index >= 15 is 0 Å². The molecule has 0 amide bonds. The fraction of sp³-hybridized carbons (Fsp3) is 0.125. The number of aromatic nitrogens is 1. The summed E-state index contributed by atoms with van der Waals surface area (Å²) in [6, 6.07) is 1.85. The summed E-state index contributed by atoms with van der Waals surface area (Å²) in [6.45, 7) is 2.00. The molecule has 0 fully saturated rings. The molecule has 2 aromatic heterocycles. The summed E-state index contributed by atoms with van der Waals surface area (Å²) in [5.74, 6) is 0. The van der Waals surface area contributed by atoms with Gasteiger partial charge in [-0.05, 0) is 18.6 Å². The molecule has 0 saturated heterocycles. The molecule has 0 aromatic carbocycles. The predicted octanol–water partition coefficient (Wildman–Crippen LogP) is 1.51. The first kappa shape index (κ1) is 8.53. The minimum absolute atomic E-state index is 0.675. The summed E-state index contributed by atoms with van der Waals surface area (Å²) in [4.78, 5) is 4.06. The number of hydrogen-bond acceptors (Lipinski definition) is 4. The van der Waals surface area contributed by atoms with Crippen molar-refractivity contribution in [2.75, 3.05) is 0 Å². The maximum Gasteiger partial charge on any atom is 0.569 e. The van der Waals surface area contributed by atoms with Crippen LogP contribution >= 0.6 is 11.3 Å². The van der Waals surface area contributed by atoms with Crippen molar-refractivity contribution in [3.05, 3.63) is 24.0 Å². The molecule has 0 unspecified atom stereocenters. The first-order valence-corrected chi connectivity index (χ1v) is 4.59. The first-order valence-electron chi connectivity index (χ1n) is 3.78. The summed E-state index contributed by atoms with van der Waals surface area (Å²) in [5, 5.41) is 10.2. The van der Waals surface area contributed by atoms with Crippen LogP contribution in [-0.2, 0) is 0 Å². The monoisotopic (exact) mass is 192 g/mol. The fourth-order valence-corrected chi connectivity index (χ4v) is 2.10. The van der Waals surface area contributed by atoms with E-state index in [2.05, 4.69) is 4.98 Å². The Morgan fingerprint density at radius 2 is 2.38 bits per heavy atom. The van der Waals surface area contributed by atoms with Gasteiger partial charge in [0.15, 0.2) is 5.06 Å². The Kier molecular flexibility index (Phi) is 2.20. The number of nitrogens with zero attached hydrogens (tertiary/aromatic N) is 1. The molecule has 1 radical (unpaired) electrons. The zero-order valence-corrected chi connectivity index (χ0v) is 7.84. The minimum atomic E-state index is 0.675. The molecule has 65 valence electrons. The summed E-state index contributed by atoms with van der Waals surface area (Å²) in [5.41, 5.74) is 1.12. The highest BCUT2D eigenvalue weighted by atomic mass is 32.1. The van der Waals surface area contributed by atoms with Crippen molar-refractivity contribution in [3.63, 3.8) is 0 Å². The average molecular weight is 192 g/mol. The van der Waals surface area contributed by atoms with Crippen LogP contribution in [0.5, 0.6) is 5.06 Å². The van der Waals surface area contributed by atoms with Crippen LogP contribution in [0.3, 0.4) is 0 Å². The second-order valence-corrected chi connectivity index (χ2v) is 3.68. The van der Waals surface area contributed by atoms with Crippen LogP contribution in [-0.4, -0.2) is 17.7 Å². The molecule has 1 N–H and O–H groups in total. The fourth-order valence-electron chi connectivity index (χ4n) is 1.18. The highest BCUT2D eigenvalue weighted by Crippen LogP contribution is 2.32. The zero-order valence-electron chi connectivity index (χ0n) is 7.02. The Balaban J connectivity index is 2.55. The Hall–Kier alpha value is -1.07. The van der Waals surface area contributed by atoms with E-state index in [0.29, 0.717) is 12.7 Å². The molecule has 0 aliphatic rings. The number of thiophene rings is 1. The Morgan fingerprint density at radius 3 is 3.08 bits per heavy atom. The Bertz CT molecular complexity index is 429. The largest absolute Gasteiger partial charge is 0.569 e. The van der Waals surface area contributed by atoms with Crippen molar-refractivity contribution >= 4 is 29.1 Å². The second kappa shape index (κ2) is 3.36. The van der Waals surface area contributed by atoms with Crippen LogP contribution in [0.1, 0.15) is 5.56 Å². The summed E-state index contributed by atoms with van der Waals surface area (Å²) in [7, 11) is 0.688.